The number of hydrogen-bond donors (Lipinski definition) is 3. The van der Waals surface area contributed by atoms with Crippen molar-refractivity contribution >= 4 is 11.8 Å². The molecule has 0 fully saturated rings. The first-order chi connectivity index (χ1) is 6.06. The summed E-state index contributed by atoms with van der Waals surface area (Å²) in [6.45, 7) is 4.05. The fourth-order valence-corrected chi connectivity index (χ4v) is 0.771. The number of carbonyl (C=O) groups excluding carboxylic acids is 2. The van der Waals surface area contributed by atoms with E-state index in [0.29, 0.717) is 6.54 Å². The van der Waals surface area contributed by atoms with Crippen molar-refractivity contribution in [1.29, 1.82) is 0 Å². The molecule has 0 aromatic heterocycles. The highest BCUT2D eigenvalue weighted by Gasteiger charge is 2.04. The Morgan fingerprint density at radius 1 is 1.31 bits per heavy atom. The molecule has 0 aromatic rings. The molecule has 0 spiro atoms. The molecule has 5 nitrogen and oxygen atoms in total. The second kappa shape index (κ2) is 6.42. The van der Waals surface area contributed by atoms with E-state index in [1.807, 2.05) is 13.8 Å². The Kier molecular flexibility index (Phi) is 5.88. The van der Waals surface area contributed by atoms with Gasteiger partial charge in [0.25, 0.3) is 0 Å². The Bertz CT molecular complexity index is 180. The maximum atomic E-state index is 11.0. The van der Waals surface area contributed by atoms with Crippen LogP contribution in [0.2, 0.25) is 0 Å². The lowest BCUT2D eigenvalue weighted by atomic mass is 10.3. The SMILES string of the molecule is CC(C)NC(=O)CNC(=O)CCN. The maximum Gasteiger partial charge on any atom is 0.239 e. The monoisotopic (exact) mass is 187 g/mol. The van der Waals surface area contributed by atoms with E-state index in [2.05, 4.69) is 10.6 Å². The van der Waals surface area contributed by atoms with Crippen molar-refractivity contribution in [1.82, 2.24) is 10.6 Å². The van der Waals surface area contributed by atoms with Crippen LogP contribution in [-0.4, -0.2) is 30.9 Å². The van der Waals surface area contributed by atoms with Crippen molar-refractivity contribution in [3.05, 3.63) is 0 Å². The van der Waals surface area contributed by atoms with Gasteiger partial charge >= 0.3 is 0 Å². The molecule has 0 aliphatic heterocycles. The summed E-state index contributed by atoms with van der Waals surface area (Å²) in [6, 6.07) is 0.0962. The number of rotatable bonds is 5. The average Bonchev–Trinajstić information content (AvgIpc) is 2.00. The predicted molar refractivity (Wildman–Crippen MR) is 50.0 cm³/mol. The van der Waals surface area contributed by atoms with Gasteiger partial charge in [0, 0.05) is 19.0 Å². The largest absolute Gasteiger partial charge is 0.352 e. The van der Waals surface area contributed by atoms with Gasteiger partial charge in [-0.25, -0.2) is 0 Å². The molecule has 0 unspecified atom stereocenters. The van der Waals surface area contributed by atoms with Crippen LogP contribution >= 0.6 is 0 Å². The first kappa shape index (κ1) is 11.9. The topological polar surface area (TPSA) is 84.2 Å². The van der Waals surface area contributed by atoms with E-state index in [1.165, 1.54) is 0 Å². The summed E-state index contributed by atoms with van der Waals surface area (Å²) < 4.78 is 0. The fraction of sp³-hybridized carbons (Fsp3) is 0.750. The molecule has 2 amide bonds. The van der Waals surface area contributed by atoms with Crippen LogP contribution in [-0.2, 0) is 9.59 Å². The third kappa shape index (κ3) is 7.27. The summed E-state index contributed by atoms with van der Waals surface area (Å²) >= 11 is 0. The third-order valence-electron chi connectivity index (χ3n) is 1.27. The Labute approximate surface area is 78.1 Å². The zero-order valence-corrected chi connectivity index (χ0v) is 8.09. The molecule has 0 radical (unpaired) electrons. The Morgan fingerprint density at radius 2 is 1.92 bits per heavy atom. The van der Waals surface area contributed by atoms with Crippen molar-refractivity contribution in [3.8, 4) is 0 Å². The van der Waals surface area contributed by atoms with Crippen LogP contribution in [0.4, 0.5) is 0 Å². The van der Waals surface area contributed by atoms with E-state index in [0.717, 1.165) is 0 Å². The minimum Gasteiger partial charge on any atom is -0.352 e. The Hall–Kier alpha value is -1.10. The first-order valence-electron chi connectivity index (χ1n) is 4.32. The van der Waals surface area contributed by atoms with Gasteiger partial charge in [-0.15, -0.1) is 0 Å². The van der Waals surface area contributed by atoms with Gasteiger partial charge in [0.2, 0.25) is 11.8 Å². The van der Waals surface area contributed by atoms with Crippen molar-refractivity contribution in [3.63, 3.8) is 0 Å². The Morgan fingerprint density at radius 3 is 2.38 bits per heavy atom. The molecule has 0 saturated carbocycles. The molecule has 4 N–H and O–H groups in total. The molecule has 76 valence electrons. The lowest BCUT2D eigenvalue weighted by Gasteiger charge is -2.08. The zero-order chi connectivity index (χ0) is 10.3. The minimum absolute atomic E-state index is 0.0248. The Balaban J connectivity index is 3.52. The summed E-state index contributed by atoms with van der Waals surface area (Å²) in [7, 11) is 0. The molecule has 5 heteroatoms. The molecular formula is C8H17N3O2. The van der Waals surface area contributed by atoms with Crippen molar-refractivity contribution < 1.29 is 9.59 Å². The van der Waals surface area contributed by atoms with Gasteiger partial charge in [-0.05, 0) is 13.8 Å². The molecule has 0 saturated heterocycles. The molecule has 0 aromatic carbocycles. The van der Waals surface area contributed by atoms with Gasteiger partial charge in [-0.2, -0.15) is 0 Å². The number of nitrogens with two attached hydrogens (primary N) is 1. The highest BCUT2D eigenvalue weighted by Crippen LogP contribution is 1.77. The van der Waals surface area contributed by atoms with E-state index < -0.39 is 0 Å². The predicted octanol–water partition coefficient (Wildman–Crippen LogP) is -1.02. The minimum atomic E-state index is -0.193. The van der Waals surface area contributed by atoms with E-state index in [1.54, 1.807) is 0 Å². The number of nitrogens with one attached hydrogen (secondary N) is 2. The van der Waals surface area contributed by atoms with Gasteiger partial charge in [-0.3, -0.25) is 9.59 Å². The second-order valence-electron chi connectivity index (χ2n) is 3.04. The van der Waals surface area contributed by atoms with Crippen molar-refractivity contribution in [2.75, 3.05) is 13.1 Å². The molecule has 0 heterocycles. The summed E-state index contributed by atoms with van der Waals surface area (Å²) in [5.41, 5.74) is 5.16. The summed E-state index contributed by atoms with van der Waals surface area (Å²) in [6.07, 6.45) is 0.259. The smallest absolute Gasteiger partial charge is 0.239 e. The summed E-state index contributed by atoms with van der Waals surface area (Å²) in [5.74, 6) is -0.373. The lowest BCUT2D eigenvalue weighted by molar-refractivity contribution is -0.126. The zero-order valence-electron chi connectivity index (χ0n) is 8.09. The molecule has 13 heavy (non-hydrogen) atoms. The van der Waals surface area contributed by atoms with E-state index in [4.69, 9.17) is 5.73 Å². The van der Waals surface area contributed by atoms with Crippen LogP contribution in [0, 0.1) is 0 Å². The summed E-state index contributed by atoms with van der Waals surface area (Å²) in [5, 5.41) is 5.11. The molecule has 0 bridgehead atoms. The molecular weight excluding hydrogens is 170 g/mol. The van der Waals surface area contributed by atoms with Crippen LogP contribution in [0.15, 0.2) is 0 Å². The number of amides is 2. The summed E-state index contributed by atoms with van der Waals surface area (Å²) in [4.78, 5) is 21.9. The fourth-order valence-electron chi connectivity index (χ4n) is 0.771. The third-order valence-corrected chi connectivity index (χ3v) is 1.27. The second-order valence-corrected chi connectivity index (χ2v) is 3.04. The van der Waals surface area contributed by atoms with Gasteiger partial charge < -0.3 is 16.4 Å². The van der Waals surface area contributed by atoms with Gasteiger partial charge in [-0.1, -0.05) is 0 Å². The van der Waals surface area contributed by atoms with Crippen LogP contribution in [0.5, 0.6) is 0 Å². The normalized spacial score (nSPS) is 9.85. The quantitative estimate of drug-likeness (QED) is 0.515. The molecule has 0 rings (SSSR count). The number of carbonyl (C=O) groups is 2. The van der Waals surface area contributed by atoms with Crippen LogP contribution in [0.1, 0.15) is 20.3 Å². The maximum absolute atomic E-state index is 11.0. The van der Waals surface area contributed by atoms with Crippen molar-refractivity contribution in [2.24, 2.45) is 5.73 Å². The number of hydrogen-bond acceptors (Lipinski definition) is 3. The average molecular weight is 187 g/mol. The van der Waals surface area contributed by atoms with Gasteiger partial charge in [0.05, 0.1) is 6.54 Å². The first-order valence-corrected chi connectivity index (χ1v) is 4.32. The molecule has 0 aliphatic carbocycles. The van der Waals surface area contributed by atoms with E-state index in [9.17, 15) is 9.59 Å². The van der Waals surface area contributed by atoms with E-state index in [-0.39, 0.29) is 30.8 Å². The van der Waals surface area contributed by atoms with E-state index >= 15 is 0 Å². The van der Waals surface area contributed by atoms with Gasteiger partial charge in [0.1, 0.15) is 0 Å². The highest BCUT2D eigenvalue weighted by atomic mass is 16.2. The van der Waals surface area contributed by atoms with Crippen LogP contribution in [0.3, 0.4) is 0 Å². The molecule has 0 atom stereocenters. The standard InChI is InChI=1S/C8H17N3O2/c1-6(2)11-8(13)5-10-7(12)3-4-9/h6H,3-5,9H2,1-2H3,(H,10,12)(H,11,13). The lowest BCUT2D eigenvalue weighted by Crippen LogP contribution is -2.40. The highest BCUT2D eigenvalue weighted by molar-refractivity contribution is 5.84. The van der Waals surface area contributed by atoms with Gasteiger partial charge in [0.15, 0.2) is 0 Å². The molecule has 0 aliphatic rings. The van der Waals surface area contributed by atoms with Crippen molar-refractivity contribution in [2.45, 2.75) is 26.3 Å². The van der Waals surface area contributed by atoms with Crippen LogP contribution < -0.4 is 16.4 Å². The van der Waals surface area contributed by atoms with Crippen LogP contribution in [0.25, 0.3) is 0 Å².